The number of rotatable bonds is 2. The molecule has 4 rings (SSSR count). The highest BCUT2D eigenvalue weighted by Gasteiger charge is 2.21. The van der Waals surface area contributed by atoms with Crippen molar-refractivity contribution in [2.24, 2.45) is 0 Å². The number of carbonyl (C=O) groups excluding carboxylic acids is 1. The van der Waals surface area contributed by atoms with Crippen LogP contribution in [0.4, 0.5) is 0 Å². The molecule has 3 heterocycles. The molecule has 3 nitrogen and oxygen atoms in total. The zero-order valence-corrected chi connectivity index (χ0v) is 14.4. The molecule has 1 saturated heterocycles. The summed E-state index contributed by atoms with van der Waals surface area (Å²) in [4.78, 5) is 21.1. The quantitative estimate of drug-likeness (QED) is 0.661. The number of pyridine rings is 1. The summed E-state index contributed by atoms with van der Waals surface area (Å²) in [5.41, 5.74) is 2.56. The average molecular weight is 336 g/mol. The fourth-order valence-corrected chi connectivity index (χ4v) is 4.03. The summed E-state index contributed by atoms with van der Waals surface area (Å²) in [5.74, 6) is 0.147. The summed E-state index contributed by atoms with van der Waals surface area (Å²) in [6, 6.07) is 14.0. The smallest absolute Gasteiger partial charge is 0.254 e. The molecule has 1 aliphatic rings. The predicted molar refractivity (Wildman–Crippen MR) is 99.4 cm³/mol. The number of nitrogens with zero attached hydrogens (tertiary/aromatic N) is 2. The van der Waals surface area contributed by atoms with Crippen LogP contribution in [0, 0.1) is 0 Å². The van der Waals surface area contributed by atoms with Crippen LogP contribution >= 0.6 is 11.3 Å². The highest BCUT2D eigenvalue weighted by Crippen LogP contribution is 2.29. The van der Waals surface area contributed by atoms with E-state index in [-0.39, 0.29) is 5.91 Å². The number of thiophene rings is 1. The van der Waals surface area contributed by atoms with Gasteiger partial charge in [0.05, 0.1) is 21.7 Å². The predicted octanol–water partition coefficient (Wildman–Crippen LogP) is 4.98. The second-order valence-electron chi connectivity index (χ2n) is 6.26. The first-order valence-corrected chi connectivity index (χ1v) is 9.44. The molecule has 0 spiro atoms. The van der Waals surface area contributed by atoms with E-state index in [2.05, 4.69) is 6.07 Å². The van der Waals surface area contributed by atoms with Gasteiger partial charge in [-0.3, -0.25) is 4.79 Å². The Hall–Kier alpha value is -2.20. The van der Waals surface area contributed by atoms with Gasteiger partial charge in [0.25, 0.3) is 5.91 Å². The molecule has 0 radical (unpaired) electrons. The molecule has 1 amide bonds. The first kappa shape index (κ1) is 15.3. The molecule has 4 heteroatoms. The van der Waals surface area contributed by atoms with Gasteiger partial charge in [0, 0.05) is 18.5 Å². The third-order valence-corrected chi connectivity index (χ3v) is 5.51. The Bertz CT molecular complexity index is 849. The zero-order chi connectivity index (χ0) is 16.4. The van der Waals surface area contributed by atoms with Crippen molar-refractivity contribution in [2.75, 3.05) is 13.1 Å². The highest BCUT2D eigenvalue weighted by atomic mass is 32.1. The van der Waals surface area contributed by atoms with Crippen molar-refractivity contribution >= 4 is 28.1 Å². The molecule has 1 aromatic carbocycles. The minimum atomic E-state index is 0.147. The van der Waals surface area contributed by atoms with Gasteiger partial charge in [0.15, 0.2) is 0 Å². The maximum Gasteiger partial charge on any atom is 0.254 e. The second-order valence-corrected chi connectivity index (χ2v) is 7.20. The van der Waals surface area contributed by atoms with Gasteiger partial charge in [0.1, 0.15) is 0 Å². The minimum Gasteiger partial charge on any atom is -0.339 e. The van der Waals surface area contributed by atoms with Crippen LogP contribution in [-0.2, 0) is 0 Å². The van der Waals surface area contributed by atoms with Gasteiger partial charge in [-0.15, -0.1) is 11.3 Å². The fraction of sp³-hybridized carbons (Fsp3) is 0.300. The van der Waals surface area contributed by atoms with Crippen molar-refractivity contribution in [3.05, 3.63) is 53.4 Å². The van der Waals surface area contributed by atoms with Crippen molar-refractivity contribution in [2.45, 2.75) is 25.7 Å². The van der Waals surface area contributed by atoms with Gasteiger partial charge in [0.2, 0.25) is 0 Å². The van der Waals surface area contributed by atoms with Gasteiger partial charge in [-0.1, -0.05) is 37.1 Å². The first-order valence-electron chi connectivity index (χ1n) is 8.56. The van der Waals surface area contributed by atoms with Crippen molar-refractivity contribution in [1.82, 2.24) is 9.88 Å². The van der Waals surface area contributed by atoms with Crippen LogP contribution in [-0.4, -0.2) is 28.9 Å². The lowest BCUT2D eigenvalue weighted by molar-refractivity contribution is 0.0763. The number of carbonyl (C=O) groups is 1. The second kappa shape index (κ2) is 6.73. The van der Waals surface area contributed by atoms with Crippen LogP contribution in [0.5, 0.6) is 0 Å². The number of hydrogen-bond acceptors (Lipinski definition) is 3. The largest absolute Gasteiger partial charge is 0.339 e. The molecule has 24 heavy (non-hydrogen) atoms. The Labute approximate surface area is 146 Å². The molecule has 2 aromatic heterocycles. The lowest BCUT2D eigenvalue weighted by Gasteiger charge is -2.21. The number of benzene rings is 1. The van der Waals surface area contributed by atoms with E-state index in [0.29, 0.717) is 0 Å². The van der Waals surface area contributed by atoms with E-state index in [4.69, 9.17) is 4.98 Å². The zero-order valence-electron chi connectivity index (χ0n) is 13.6. The molecule has 1 aliphatic heterocycles. The fourth-order valence-electron chi connectivity index (χ4n) is 3.35. The molecule has 0 atom stereocenters. The van der Waals surface area contributed by atoms with E-state index in [0.717, 1.165) is 53.0 Å². The number of amides is 1. The number of aromatic nitrogens is 1. The van der Waals surface area contributed by atoms with Crippen LogP contribution in [0.25, 0.3) is 21.5 Å². The van der Waals surface area contributed by atoms with Crippen LogP contribution in [0.2, 0.25) is 0 Å². The topological polar surface area (TPSA) is 33.2 Å². The van der Waals surface area contributed by atoms with Gasteiger partial charge in [-0.2, -0.15) is 0 Å². The van der Waals surface area contributed by atoms with Crippen LogP contribution in [0.15, 0.2) is 47.8 Å². The molecule has 1 fully saturated rings. The Balaban J connectivity index is 1.82. The van der Waals surface area contributed by atoms with Gasteiger partial charge < -0.3 is 4.90 Å². The molecular formula is C20H20N2OS. The summed E-state index contributed by atoms with van der Waals surface area (Å²) >= 11 is 1.66. The Morgan fingerprint density at radius 3 is 2.54 bits per heavy atom. The summed E-state index contributed by atoms with van der Waals surface area (Å²) in [7, 11) is 0. The lowest BCUT2D eigenvalue weighted by atomic mass is 10.1. The standard InChI is InChI=1S/C20H20N2OS/c23-20(22-11-5-1-2-6-12-22)16-14-18(19-10-7-13-24-19)21-17-9-4-3-8-15(16)17/h3-4,7-10,13-14H,1-2,5-6,11-12H2. The number of fused-ring (bicyclic) bond motifs is 1. The lowest BCUT2D eigenvalue weighted by Crippen LogP contribution is -2.32. The number of para-hydroxylation sites is 1. The third-order valence-electron chi connectivity index (χ3n) is 4.61. The van der Waals surface area contributed by atoms with Crippen molar-refractivity contribution in [3.8, 4) is 10.6 Å². The van der Waals surface area contributed by atoms with E-state index < -0.39 is 0 Å². The van der Waals surface area contributed by atoms with Crippen molar-refractivity contribution in [3.63, 3.8) is 0 Å². The molecule has 0 N–H and O–H groups in total. The summed E-state index contributed by atoms with van der Waals surface area (Å²) in [6.07, 6.45) is 4.65. The van der Waals surface area contributed by atoms with E-state index in [9.17, 15) is 4.79 Å². The Morgan fingerprint density at radius 1 is 1.00 bits per heavy atom. The van der Waals surface area contributed by atoms with E-state index in [1.807, 2.05) is 46.7 Å². The van der Waals surface area contributed by atoms with E-state index >= 15 is 0 Å². The summed E-state index contributed by atoms with van der Waals surface area (Å²) < 4.78 is 0. The maximum absolute atomic E-state index is 13.2. The molecule has 122 valence electrons. The third kappa shape index (κ3) is 2.94. The van der Waals surface area contributed by atoms with E-state index in [1.54, 1.807) is 11.3 Å². The van der Waals surface area contributed by atoms with Crippen molar-refractivity contribution < 1.29 is 4.79 Å². The number of likely N-dealkylation sites (tertiary alicyclic amines) is 1. The first-order chi connectivity index (χ1) is 11.8. The number of hydrogen-bond donors (Lipinski definition) is 0. The molecule has 0 aliphatic carbocycles. The Kier molecular flexibility index (Phi) is 4.30. The van der Waals surface area contributed by atoms with Gasteiger partial charge in [-0.05, 0) is 36.4 Å². The van der Waals surface area contributed by atoms with Crippen LogP contribution in [0.3, 0.4) is 0 Å². The maximum atomic E-state index is 13.2. The molecule has 3 aromatic rings. The van der Waals surface area contributed by atoms with E-state index in [1.165, 1.54) is 12.8 Å². The summed E-state index contributed by atoms with van der Waals surface area (Å²) in [6.45, 7) is 1.73. The van der Waals surface area contributed by atoms with Gasteiger partial charge >= 0.3 is 0 Å². The molecule has 0 saturated carbocycles. The molecule has 0 unspecified atom stereocenters. The highest BCUT2D eigenvalue weighted by molar-refractivity contribution is 7.13. The minimum absolute atomic E-state index is 0.147. The average Bonchev–Trinajstić information content (AvgIpc) is 3.03. The van der Waals surface area contributed by atoms with Gasteiger partial charge in [-0.25, -0.2) is 4.98 Å². The summed E-state index contributed by atoms with van der Waals surface area (Å²) in [5, 5.41) is 3.00. The van der Waals surface area contributed by atoms with Crippen molar-refractivity contribution in [1.29, 1.82) is 0 Å². The normalized spacial score (nSPS) is 15.4. The van der Waals surface area contributed by atoms with Crippen LogP contribution < -0.4 is 0 Å². The Morgan fingerprint density at radius 2 is 1.79 bits per heavy atom. The SMILES string of the molecule is O=C(c1cc(-c2cccs2)nc2ccccc12)N1CCCCCC1. The monoisotopic (exact) mass is 336 g/mol. The molecule has 0 bridgehead atoms. The molecular weight excluding hydrogens is 316 g/mol. The van der Waals surface area contributed by atoms with Crippen LogP contribution in [0.1, 0.15) is 36.0 Å².